The SMILES string of the molecule is CC(=O)Nc1ccc2c(c1)C(=O)Nc1cc(Cl)ccc1O2. The Morgan fingerprint density at radius 3 is 2.71 bits per heavy atom. The number of hydrogen-bond donors (Lipinski definition) is 2. The van der Waals surface area contributed by atoms with Crippen molar-refractivity contribution in [3.63, 3.8) is 0 Å². The van der Waals surface area contributed by atoms with Gasteiger partial charge in [-0.2, -0.15) is 0 Å². The van der Waals surface area contributed by atoms with Gasteiger partial charge in [0, 0.05) is 17.6 Å². The van der Waals surface area contributed by atoms with Crippen molar-refractivity contribution in [3.05, 3.63) is 47.0 Å². The molecule has 0 saturated heterocycles. The highest BCUT2D eigenvalue weighted by Crippen LogP contribution is 2.37. The van der Waals surface area contributed by atoms with E-state index in [1.54, 1.807) is 36.4 Å². The number of carbonyl (C=O) groups is 2. The molecule has 2 amide bonds. The van der Waals surface area contributed by atoms with Crippen LogP contribution in [0.25, 0.3) is 0 Å². The predicted octanol–water partition coefficient (Wildman–Crippen LogP) is 3.66. The van der Waals surface area contributed by atoms with Crippen LogP contribution in [0.1, 0.15) is 17.3 Å². The Labute approximate surface area is 125 Å². The molecule has 0 saturated carbocycles. The molecular formula is C15H11ClN2O3. The molecule has 3 rings (SSSR count). The van der Waals surface area contributed by atoms with Crippen LogP contribution in [0.5, 0.6) is 11.5 Å². The Kier molecular flexibility index (Phi) is 3.27. The van der Waals surface area contributed by atoms with E-state index in [-0.39, 0.29) is 11.8 Å². The van der Waals surface area contributed by atoms with E-state index < -0.39 is 0 Å². The number of fused-ring (bicyclic) bond motifs is 2. The number of hydrogen-bond acceptors (Lipinski definition) is 3. The molecule has 2 aromatic rings. The van der Waals surface area contributed by atoms with Crippen molar-refractivity contribution in [1.82, 2.24) is 0 Å². The van der Waals surface area contributed by atoms with E-state index in [1.807, 2.05) is 0 Å². The number of ether oxygens (including phenoxy) is 1. The molecule has 1 heterocycles. The topological polar surface area (TPSA) is 67.4 Å². The Hall–Kier alpha value is -2.53. The Balaban J connectivity index is 2.04. The summed E-state index contributed by atoms with van der Waals surface area (Å²) in [6.45, 7) is 1.40. The lowest BCUT2D eigenvalue weighted by Gasteiger charge is -2.09. The van der Waals surface area contributed by atoms with E-state index >= 15 is 0 Å². The van der Waals surface area contributed by atoms with E-state index in [4.69, 9.17) is 16.3 Å². The van der Waals surface area contributed by atoms with Crippen LogP contribution in [-0.2, 0) is 4.79 Å². The summed E-state index contributed by atoms with van der Waals surface area (Å²) < 4.78 is 5.73. The monoisotopic (exact) mass is 302 g/mol. The van der Waals surface area contributed by atoms with Gasteiger partial charge in [-0.15, -0.1) is 0 Å². The predicted molar refractivity (Wildman–Crippen MR) is 80.2 cm³/mol. The third-order valence-corrected chi connectivity index (χ3v) is 3.19. The van der Waals surface area contributed by atoms with Crippen LogP contribution in [-0.4, -0.2) is 11.8 Å². The molecule has 0 bridgehead atoms. The van der Waals surface area contributed by atoms with Crippen molar-refractivity contribution in [2.24, 2.45) is 0 Å². The second-order valence-corrected chi connectivity index (χ2v) is 5.03. The molecule has 5 nitrogen and oxygen atoms in total. The number of anilines is 2. The van der Waals surface area contributed by atoms with Crippen LogP contribution < -0.4 is 15.4 Å². The molecule has 1 aliphatic heterocycles. The van der Waals surface area contributed by atoms with Crippen LogP contribution in [0.4, 0.5) is 11.4 Å². The van der Waals surface area contributed by atoms with E-state index in [0.717, 1.165) is 0 Å². The highest BCUT2D eigenvalue weighted by atomic mass is 35.5. The number of carbonyl (C=O) groups excluding carboxylic acids is 2. The van der Waals surface area contributed by atoms with Crippen molar-refractivity contribution in [2.45, 2.75) is 6.92 Å². The molecule has 2 N–H and O–H groups in total. The number of benzene rings is 2. The first-order chi connectivity index (χ1) is 10.0. The maximum absolute atomic E-state index is 12.3. The quantitative estimate of drug-likeness (QED) is 0.845. The number of amides is 2. The average molecular weight is 303 g/mol. The lowest BCUT2D eigenvalue weighted by Crippen LogP contribution is -2.12. The van der Waals surface area contributed by atoms with Gasteiger partial charge in [0.2, 0.25) is 5.91 Å². The van der Waals surface area contributed by atoms with E-state index in [2.05, 4.69) is 10.6 Å². The van der Waals surface area contributed by atoms with Gasteiger partial charge >= 0.3 is 0 Å². The molecule has 106 valence electrons. The van der Waals surface area contributed by atoms with Crippen LogP contribution in [0.15, 0.2) is 36.4 Å². The van der Waals surface area contributed by atoms with Gasteiger partial charge in [0.25, 0.3) is 5.91 Å². The maximum Gasteiger partial charge on any atom is 0.259 e. The zero-order valence-electron chi connectivity index (χ0n) is 11.1. The summed E-state index contributed by atoms with van der Waals surface area (Å²) in [5.41, 5.74) is 1.38. The molecule has 0 aliphatic carbocycles. The molecule has 0 spiro atoms. The summed E-state index contributed by atoms with van der Waals surface area (Å²) in [5, 5.41) is 5.87. The standard InChI is InChI=1S/C15H11ClN2O3/c1-8(19)17-10-3-5-13-11(7-10)15(20)18-12-6-9(16)2-4-14(12)21-13/h2-7H,1H3,(H,17,19)(H,18,20). The Morgan fingerprint density at radius 2 is 1.95 bits per heavy atom. The molecule has 6 heteroatoms. The molecule has 0 unspecified atom stereocenters. The fourth-order valence-electron chi connectivity index (χ4n) is 2.07. The molecule has 2 aromatic carbocycles. The first kappa shape index (κ1) is 13.5. The van der Waals surface area contributed by atoms with Crippen molar-refractivity contribution in [3.8, 4) is 11.5 Å². The van der Waals surface area contributed by atoms with Gasteiger partial charge in [0.1, 0.15) is 5.75 Å². The summed E-state index contributed by atoms with van der Waals surface area (Å²) in [5.74, 6) is 0.402. The Bertz CT molecular complexity index is 759. The molecule has 0 fully saturated rings. The smallest absolute Gasteiger partial charge is 0.259 e. The molecule has 0 radical (unpaired) electrons. The van der Waals surface area contributed by atoms with Crippen LogP contribution in [0, 0.1) is 0 Å². The molecule has 0 aromatic heterocycles. The third-order valence-electron chi connectivity index (χ3n) is 2.95. The molecule has 21 heavy (non-hydrogen) atoms. The van der Waals surface area contributed by atoms with Crippen molar-refractivity contribution in [2.75, 3.05) is 10.6 Å². The second kappa shape index (κ2) is 5.10. The maximum atomic E-state index is 12.3. The number of halogens is 1. The third kappa shape index (κ3) is 2.68. The highest BCUT2D eigenvalue weighted by Gasteiger charge is 2.21. The first-order valence-electron chi connectivity index (χ1n) is 6.23. The number of nitrogens with one attached hydrogen (secondary N) is 2. The van der Waals surface area contributed by atoms with Gasteiger partial charge in [-0.25, -0.2) is 0 Å². The van der Waals surface area contributed by atoms with Gasteiger partial charge in [-0.3, -0.25) is 9.59 Å². The molecular weight excluding hydrogens is 292 g/mol. The van der Waals surface area contributed by atoms with Crippen molar-refractivity contribution >= 4 is 34.8 Å². The summed E-state index contributed by atoms with van der Waals surface area (Å²) in [6, 6.07) is 9.88. The van der Waals surface area contributed by atoms with Gasteiger partial charge in [0.05, 0.1) is 11.3 Å². The normalized spacial score (nSPS) is 12.4. The number of rotatable bonds is 1. The van der Waals surface area contributed by atoms with Crippen LogP contribution >= 0.6 is 11.6 Å². The van der Waals surface area contributed by atoms with Crippen molar-refractivity contribution in [1.29, 1.82) is 0 Å². The Morgan fingerprint density at radius 1 is 1.19 bits per heavy atom. The van der Waals surface area contributed by atoms with E-state index in [1.165, 1.54) is 6.92 Å². The van der Waals surface area contributed by atoms with E-state index in [0.29, 0.717) is 33.5 Å². The van der Waals surface area contributed by atoms with Crippen molar-refractivity contribution < 1.29 is 14.3 Å². The van der Waals surface area contributed by atoms with Crippen LogP contribution in [0.3, 0.4) is 0 Å². The summed E-state index contributed by atoms with van der Waals surface area (Å²) in [7, 11) is 0. The lowest BCUT2D eigenvalue weighted by molar-refractivity contribution is -0.114. The first-order valence-corrected chi connectivity index (χ1v) is 6.61. The zero-order chi connectivity index (χ0) is 15.0. The highest BCUT2D eigenvalue weighted by molar-refractivity contribution is 6.31. The zero-order valence-corrected chi connectivity index (χ0v) is 11.8. The van der Waals surface area contributed by atoms with Gasteiger partial charge in [-0.05, 0) is 36.4 Å². The second-order valence-electron chi connectivity index (χ2n) is 4.59. The minimum Gasteiger partial charge on any atom is -0.454 e. The minimum absolute atomic E-state index is 0.208. The largest absolute Gasteiger partial charge is 0.454 e. The fraction of sp³-hybridized carbons (Fsp3) is 0.0667. The fourth-order valence-corrected chi connectivity index (χ4v) is 2.25. The average Bonchev–Trinajstić information content (AvgIpc) is 2.54. The van der Waals surface area contributed by atoms with E-state index in [9.17, 15) is 9.59 Å². The van der Waals surface area contributed by atoms with Gasteiger partial charge < -0.3 is 15.4 Å². The molecule has 1 aliphatic rings. The van der Waals surface area contributed by atoms with Crippen LogP contribution in [0.2, 0.25) is 5.02 Å². The van der Waals surface area contributed by atoms with Gasteiger partial charge in [0.15, 0.2) is 5.75 Å². The van der Waals surface area contributed by atoms with Gasteiger partial charge in [-0.1, -0.05) is 11.6 Å². The molecule has 0 atom stereocenters. The summed E-state index contributed by atoms with van der Waals surface area (Å²) >= 11 is 5.92. The minimum atomic E-state index is -0.321. The summed E-state index contributed by atoms with van der Waals surface area (Å²) in [6.07, 6.45) is 0. The summed E-state index contributed by atoms with van der Waals surface area (Å²) in [4.78, 5) is 23.4. The lowest BCUT2D eigenvalue weighted by atomic mass is 10.1.